The number of H-pyrrole nitrogens is 1. The first kappa shape index (κ1) is 19.3. The number of phenolic OH excluding ortho intramolecular Hbond substituents is 1. The minimum absolute atomic E-state index is 0.103. The number of nitrogens with two attached hydrogens (primary N) is 1. The van der Waals surface area contributed by atoms with Crippen LogP contribution in [0.2, 0.25) is 0 Å². The summed E-state index contributed by atoms with van der Waals surface area (Å²) < 4.78 is 0. The third-order valence-electron chi connectivity index (χ3n) is 7.70. The lowest BCUT2D eigenvalue weighted by Gasteiger charge is -2.56. The Morgan fingerprint density at radius 3 is 2.97 bits per heavy atom. The molecule has 0 radical (unpaired) electrons. The molecule has 3 aromatic rings. The first-order valence-corrected chi connectivity index (χ1v) is 12.2. The topological polar surface area (TPSA) is 104 Å². The normalized spacial score (nSPS) is 32.2. The summed E-state index contributed by atoms with van der Waals surface area (Å²) in [7, 11) is 0. The number of thiophene rings is 1. The molecule has 2 heterocycles. The molecular formula is C24H28N4O2S. The van der Waals surface area contributed by atoms with E-state index in [1.54, 1.807) is 23.5 Å². The molecule has 4 aliphatic rings. The van der Waals surface area contributed by atoms with E-state index in [1.807, 2.05) is 17.5 Å². The molecule has 0 aliphatic heterocycles. The van der Waals surface area contributed by atoms with Crippen molar-refractivity contribution in [3.8, 4) is 16.5 Å². The van der Waals surface area contributed by atoms with E-state index in [0.717, 1.165) is 37.0 Å². The van der Waals surface area contributed by atoms with Gasteiger partial charge in [-0.15, -0.1) is 11.3 Å². The Balaban J connectivity index is 1.36. The summed E-state index contributed by atoms with van der Waals surface area (Å²) in [6.45, 7) is 0. The zero-order valence-corrected chi connectivity index (χ0v) is 18.3. The lowest BCUT2D eigenvalue weighted by Crippen LogP contribution is -2.64. The van der Waals surface area contributed by atoms with Gasteiger partial charge in [0.2, 0.25) is 0 Å². The maximum atomic E-state index is 13.6. The second-order valence-corrected chi connectivity index (χ2v) is 11.1. The fourth-order valence-electron chi connectivity index (χ4n) is 6.85. The van der Waals surface area contributed by atoms with Gasteiger partial charge >= 0.3 is 0 Å². The highest BCUT2D eigenvalue weighted by atomic mass is 32.1. The van der Waals surface area contributed by atoms with Crippen LogP contribution in [0.25, 0.3) is 21.7 Å². The van der Waals surface area contributed by atoms with Gasteiger partial charge in [0.05, 0.1) is 10.4 Å². The number of aromatic nitrogens is 2. The SMILES string of the molecule is NC12CCCC3CC(C1)CC(NC(=O)c1ccc(O)c4[nH]c(-c5cccs5)nc14)(C3)C2. The molecule has 4 atom stereocenters. The van der Waals surface area contributed by atoms with Crippen LogP contribution in [0.15, 0.2) is 29.6 Å². The first-order valence-electron chi connectivity index (χ1n) is 11.3. The summed E-state index contributed by atoms with van der Waals surface area (Å²) in [6.07, 6.45) is 8.74. The molecule has 4 saturated carbocycles. The van der Waals surface area contributed by atoms with E-state index in [0.29, 0.717) is 34.3 Å². The van der Waals surface area contributed by atoms with Crippen LogP contribution in [0.4, 0.5) is 0 Å². The van der Waals surface area contributed by atoms with E-state index in [4.69, 9.17) is 5.73 Å². The molecule has 1 amide bonds. The number of hydrogen-bond acceptors (Lipinski definition) is 5. The van der Waals surface area contributed by atoms with Gasteiger partial charge < -0.3 is 21.1 Å². The highest BCUT2D eigenvalue weighted by molar-refractivity contribution is 7.13. The predicted molar refractivity (Wildman–Crippen MR) is 122 cm³/mol. The third kappa shape index (κ3) is 3.26. The number of phenols is 1. The zero-order chi connectivity index (χ0) is 21.2. The Morgan fingerprint density at radius 2 is 2.13 bits per heavy atom. The van der Waals surface area contributed by atoms with Crippen LogP contribution >= 0.6 is 11.3 Å². The Labute approximate surface area is 185 Å². The molecule has 7 rings (SSSR count). The summed E-state index contributed by atoms with van der Waals surface area (Å²) in [5, 5.41) is 15.8. The van der Waals surface area contributed by atoms with Crippen molar-refractivity contribution in [2.24, 2.45) is 17.6 Å². The van der Waals surface area contributed by atoms with Gasteiger partial charge in [-0.1, -0.05) is 18.9 Å². The molecule has 4 aliphatic carbocycles. The van der Waals surface area contributed by atoms with Crippen molar-refractivity contribution in [3.05, 3.63) is 35.2 Å². The maximum Gasteiger partial charge on any atom is 0.253 e. The van der Waals surface area contributed by atoms with Crippen molar-refractivity contribution >= 4 is 28.3 Å². The number of rotatable bonds is 3. The van der Waals surface area contributed by atoms with Crippen LogP contribution in [0.1, 0.15) is 61.7 Å². The molecule has 31 heavy (non-hydrogen) atoms. The van der Waals surface area contributed by atoms with Gasteiger partial charge in [-0.05, 0) is 73.9 Å². The number of hydrogen-bond donors (Lipinski definition) is 4. The van der Waals surface area contributed by atoms with Crippen molar-refractivity contribution in [2.45, 2.75) is 62.4 Å². The Morgan fingerprint density at radius 1 is 1.26 bits per heavy atom. The molecule has 4 bridgehead atoms. The number of imidazole rings is 1. The molecule has 4 unspecified atom stereocenters. The Kier molecular flexibility index (Phi) is 4.24. The lowest BCUT2D eigenvalue weighted by atomic mass is 9.55. The summed E-state index contributed by atoms with van der Waals surface area (Å²) >= 11 is 1.57. The Hall–Kier alpha value is -2.38. The summed E-state index contributed by atoms with van der Waals surface area (Å²) in [4.78, 5) is 22.4. The second-order valence-electron chi connectivity index (χ2n) is 10.2. The number of carbonyl (C=O) groups excluding carboxylic acids is 1. The summed E-state index contributed by atoms with van der Waals surface area (Å²) in [5.74, 6) is 1.95. The van der Waals surface area contributed by atoms with Crippen LogP contribution in [0.5, 0.6) is 5.75 Å². The average molecular weight is 437 g/mol. The number of nitrogens with zero attached hydrogens (tertiary/aromatic N) is 1. The van der Waals surface area contributed by atoms with E-state index in [1.165, 1.54) is 19.3 Å². The Bertz CT molecular complexity index is 1160. The molecular weight excluding hydrogens is 408 g/mol. The number of fused-ring (bicyclic) bond motifs is 3. The van der Waals surface area contributed by atoms with E-state index in [2.05, 4.69) is 15.3 Å². The molecule has 0 saturated heterocycles. The molecule has 4 fully saturated rings. The molecule has 7 heteroatoms. The van der Waals surface area contributed by atoms with Crippen molar-refractivity contribution < 1.29 is 9.90 Å². The number of aromatic amines is 1. The molecule has 1 aromatic carbocycles. The number of aromatic hydroxyl groups is 1. The van der Waals surface area contributed by atoms with E-state index in [9.17, 15) is 9.90 Å². The lowest BCUT2D eigenvalue weighted by molar-refractivity contribution is 0.00938. The highest BCUT2D eigenvalue weighted by Crippen LogP contribution is 2.52. The van der Waals surface area contributed by atoms with Crippen LogP contribution in [-0.2, 0) is 0 Å². The molecule has 162 valence electrons. The van der Waals surface area contributed by atoms with Crippen molar-refractivity contribution in [1.82, 2.24) is 15.3 Å². The predicted octanol–water partition coefficient (Wildman–Crippen LogP) is 4.56. The van der Waals surface area contributed by atoms with Gasteiger partial charge in [-0.2, -0.15) is 0 Å². The number of nitrogens with one attached hydrogen (secondary N) is 2. The molecule has 5 N–H and O–H groups in total. The van der Waals surface area contributed by atoms with Gasteiger partial charge in [-0.25, -0.2) is 4.98 Å². The van der Waals surface area contributed by atoms with E-state index in [-0.39, 0.29) is 22.7 Å². The fraction of sp³-hybridized carbons (Fsp3) is 0.500. The van der Waals surface area contributed by atoms with E-state index >= 15 is 0 Å². The van der Waals surface area contributed by atoms with Crippen molar-refractivity contribution in [2.75, 3.05) is 0 Å². The summed E-state index contributed by atoms with van der Waals surface area (Å²) in [5.41, 5.74) is 7.99. The smallest absolute Gasteiger partial charge is 0.253 e. The minimum Gasteiger partial charge on any atom is -0.506 e. The fourth-order valence-corrected chi connectivity index (χ4v) is 7.52. The molecule has 2 aromatic heterocycles. The third-order valence-corrected chi connectivity index (χ3v) is 8.58. The van der Waals surface area contributed by atoms with Crippen LogP contribution in [0.3, 0.4) is 0 Å². The van der Waals surface area contributed by atoms with Gasteiger partial charge in [0.1, 0.15) is 22.6 Å². The average Bonchev–Trinajstić information content (AvgIpc) is 3.36. The van der Waals surface area contributed by atoms with Crippen molar-refractivity contribution in [3.63, 3.8) is 0 Å². The second kappa shape index (κ2) is 6.81. The highest BCUT2D eigenvalue weighted by Gasteiger charge is 2.52. The van der Waals surface area contributed by atoms with Crippen molar-refractivity contribution in [1.29, 1.82) is 0 Å². The maximum absolute atomic E-state index is 13.6. The largest absolute Gasteiger partial charge is 0.506 e. The monoisotopic (exact) mass is 436 g/mol. The van der Waals surface area contributed by atoms with Gasteiger partial charge in [0.15, 0.2) is 0 Å². The van der Waals surface area contributed by atoms with Crippen LogP contribution in [-0.4, -0.2) is 32.1 Å². The van der Waals surface area contributed by atoms with Gasteiger partial charge in [0.25, 0.3) is 5.91 Å². The number of carbonyl (C=O) groups is 1. The van der Waals surface area contributed by atoms with Gasteiger partial charge in [0, 0.05) is 11.1 Å². The van der Waals surface area contributed by atoms with Crippen LogP contribution < -0.4 is 11.1 Å². The quantitative estimate of drug-likeness (QED) is 0.483. The first-order chi connectivity index (χ1) is 14.9. The van der Waals surface area contributed by atoms with E-state index < -0.39 is 0 Å². The zero-order valence-electron chi connectivity index (χ0n) is 17.5. The number of benzene rings is 1. The summed E-state index contributed by atoms with van der Waals surface area (Å²) in [6, 6.07) is 7.20. The minimum atomic E-state index is -0.227. The van der Waals surface area contributed by atoms with Crippen LogP contribution in [0, 0.1) is 11.8 Å². The standard InChI is InChI=1S/C24H28N4O2S/c25-23-7-1-3-14-9-15(10-23)12-24(11-14,13-23)28-22(30)16-5-6-17(29)20-19(16)26-21(27-20)18-4-2-8-31-18/h2,4-6,8,14-15,29H,1,3,7,9-13,25H2,(H,26,27)(H,28,30). The number of amides is 1. The van der Waals surface area contributed by atoms with Gasteiger partial charge in [-0.3, -0.25) is 4.79 Å². The molecule has 6 nitrogen and oxygen atoms in total. The molecule has 0 spiro atoms.